The third-order valence-corrected chi connectivity index (χ3v) is 4.51. The van der Waals surface area contributed by atoms with Crippen LogP contribution in [0.4, 0.5) is 5.69 Å². The summed E-state index contributed by atoms with van der Waals surface area (Å²) in [5, 5.41) is 1.35. The van der Waals surface area contributed by atoms with Gasteiger partial charge in [0, 0.05) is 16.6 Å². The molecule has 4 nitrogen and oxygen atoms in total. The van der Waals surface area contributed by atoms with Crippen LogP contribution in [-0.2, 0) is 0 Å². The SMILES string of the molecule is Cc1c(Cl)ccc2c1C(=O)N(c1cccc3cccnc13)C2=O. The van der Waals surface area contributed by atoms with Gasteiger partial charge in [0.25, 0.3) is 11.8 Å². The number of hydrogen-bond donors (Lipinski definition) is 0. The highest BCUT2D eigenvalue weighted by molar-refractivity contribution is 6.38. The van der Waals surface area contributed by atoms with Gasteiger partial charge in [-0.15, -0.1) is 0 Å². The summed E-state index contributed by atoms with van der Waals surface area (Å²) in [7, 11) is 0. The van der Waals surface area contributed by atoms with E-state index in [1.54, 1.807) is 31.3 Å². The number of para-hydroxylation sites is 1. The zero-order valence-electron chi connectivity index (χ0n) is 12.2. The second-order valence-corrected chi connectivity index (χ2v) is 5.80. The Morgan fingerprint density at radius 2 is 1.78 bits per heavy atom. The molecule has 1 aliphatic rings. The summed E-state index contributed by atoms with van der Waals surface area (Å²) in [5.74, 6) is -0.703. The highest BCUT2D eigenvalue weighted by Crippen LogP contribution is 2.35. The van der Waals surface area contributed by atoms with E-state index in [0.29, 0.717) is 32.9 Å². The molecule has 112 valence electrons. The van der Waals surface area contributed by atoms with Crippen LogP contribution in [0.1, 0.15) is 26.3 Å². The minimum absolute atomic E-state index is 0.345. The van der Waals surface area contributed by atoms with Crippen LogP contribution < -0.4 is 4.90 Å². The predicted molar refractivity (Wildman–Crippen MR) is 89.1 cm³/mol. The van der Waals surface area contributed by atoms with Crippen LogP contribution in [-0.4, -0.2) is 16.8 Å². The van der Waals surface area contributed by atoms with Crippen molar-refractivity contribution in [3.8, 4) is 0 Å². The van der Waals surface area contributed by atoms with Gasteiger partial charge >= 0.3 is 0 Å². The first-order chi connectivity index (χ1) is 11.1. The average Bonchev–Trinajstić information content (AvgIpc) is 2.82. The Morgan fingerprint density at radius 1 is 1.00 bits per heavy atom. The van der Waals surface area contributed by atoms with Crippen LogP contribution >= 0.6 is 11.6 Å². The van der Waals surface area contributed by atoms with Crippen molar-refractivity contribution in [2.75, 3.05) is 4.90 Å². The number of anilines is 1. The largest absolute Gasteiger partial charge is 0.268 e. The van der Waals surface area contributed by atoms with E-state index in [-0.39, 0.29) is 11.8 Å². The van der Waals surface area contributed by atoms with Crippen LogP contribution in [0.5, 0.6) is 0 Å². The molecule has 0 unspecified atom stereocenters. The fourth-order valence-electron chi connectivity index (χ4n) is 2.95. The standard InChI is InChI=1S/C18H11ClN2O2/c1-10-13(19)8-7-12-15(10)18(23)21(17(12)22)14-6-2-4-11-5-3-9-20-16(11)14/h2-9H,1H3. The fraction of sp³-hybridized carbons (Fsp3) is 0.0556. The number of carbonyl (C=O) groups is 2. The number of amides is 2. The van der Waals surface area contributed by atoms with Crippen molar-refractivity contribution in [2.24, 2.45) is 0 Å². The summed E-state index contributed by atoms with van der Waals surface area (Å²) in [4.78, 5) is 31.1. The average molecular weight is 323 g/mol. The zero-order valence-corrected chi connectivity index (χ0v) is 13.0. The molecule has 3 aromatic rings. The van der Waals surface area contributed by atoms with E-state index in [9.17, 15) is 9.59 Å². The molecule has 0 fully saturated rings. The first-order valence-electron chi connectivity index (χ1n) is 7.11. The normalized spacial score (nSPS) is 13.7. The van der Waals surface area contributed by atoms with Gasteiger partial charge < -0.3 is 0 Å². The highest BCUT2D eigenvalue weighted by atomic mass is 35.5. The van der Waals surface area contributed by atoms with Crippen molar-refractivity contribution in [3.05, 3.63) is 70.4 Å². The summed E-state index contributed by atoms with van der Waals surface area (Å²) in [6, 6.07) is 12.4. The molecule has 0 atom stereocenters. The Bertz CT molecular complexity index is 992. The smallest absolute Gasteiger partial charge is 0.266 e. The molecular weight excluding hydrogens is 312 g/mol. The summed E-state index contributed by atoms with van der Waals surface area (Å²) in [5.41, 5.74) is 2.48. The van der Waals surface area contributed by atoms with Gasteiger partial charge in [-0.2, -0.15) is 0 Å². The third kappa shape index (κ3) is 1.88. The predicted octanol–water partition coefficient (Wildman–Crippen LogP) is 4.00. The fourth-order valence-corrected chi connectivity index (χ4v) is 3.11. The Labute approximate surface area is 137 Å². The first kappa shape index (κ1) is 13.9. The van der Waals surface area contributed by atoms with Crippen molar-refractivity contribution in [3.63, 3.8) is 0 Å². The highest BCUT2D eigenvalue weighted by Gasteiger charge is 2.39. The van der Waals surface area contributed by atoms with Crippen LogP contribution in [0.25, 0.3) is 10.9 Å². The molecule has 0 aliphatic carbocycles. The molecule has 0 N–H and O–H groups in total. The molecule has 0 spiro atoms. The van der Waals surface area contributed by atoms with Crippen molar-refractivity contribution < 1.29 is 9.59 Å². The monoisotopic (exact) mass is 322 g/mol. The number of aromatic nitrogens is 1. The van der Waals surface area contributed by atoms with Gasteiger partial charge in [0.1, 0.15) is 0 Å². The maximum absolute atomic E-state index is 12.8. The maximum Gasteiger partial charge on any atom is 0.266 e. The van der Waals surface area contributed by atoms with Gasteiger partial charge in [-0.3, -0.25) is 14.6 Å². The second-order valence-electron chi connectivity index (χ2n) is 5.39. The molecule has 2 aromatic carbocycles. The topological polar surface area (TPSA) is 50.3 Å². The van der Waals surface area contributed by atoms with Crippen LogP contribution in [0.3, 0.4) is 0 Å². The summed E-state index contributed by atoms with van der Waals surface area (Å²) < 4.78 is 0. The lowest BCUT2D eigenvalue weighted by Gasteiger charge is -2.15. The molecule has 5 heteroatoms. The van der Waals surface area contributed by atoms with Gasteiger partial charge in [-0.05, 0) is 36.8 Å². The van der Waals surface area contributed by atoms with E-state index in [1.807, 2.05) is 24.3 Å². The van der Waals surface area contributed by atoms with Crippen molar-refractivity contribution in [2.45, 2.75) is 6.92 Å². The number of fused-ring (bicyclic) bond motifs is 2. The van der Waals surface area contributed by atoms with E-state index < -0.39 is 0 Å². The number of nitrogens with zero attached hydrogens (tertiary/aromatic N) is 2. The number of rotatable bonds is 1. The molecule has 2 heterocycles. The molecule has 1 aliphatic heterocycles. The van der Waals surface area contributed by atoms with Gasteiger partial charge in [0.05, 0.1) is 22.3 Å². The van der Waals surface area contributed by atoms with Crippen molar-refractivity contribution in [1.29, 1.82) is 0 Å². The van der Waals surface area contributed by atoms with Crippen molar-refractivity contribution in [1.82, 2.24) is 4.98 Å². The number of pyridine rings is 1. The van der Waals surface area contributed by atoms with Gasteiger partial charge in [0.15, 0.2) is 0 Å². The number of benzene rings is 2. The molecule has 0 saturated heterocycles. The molecule has 23 heavy (non-hydrogen) atoms. The Morgan fingerprint density at radius 3 is 2.61 bits per heavy atom. The Kier molecular flexibility index (Phi) is 2.96. The number of hydrogen-bond acceptors (Lipinski definition) is 3. The Balaban J connectivity index is 1.96. The van der Waals surface area contributed by atoms with Crippen LogP contribution in [0, 0.1) is 6.92 Å². The summed E-state index contributed by atoms with van der Waals surface area (Å²) in [6.45, 7) is 1.75. The molecule has 4 rings (SSSR count). The van der Waals surface area contributed by atoms with E-state index in [1.165, 1.54) is 4.90 Å². The minimum Gasteiger partial charge on any atom is -0.268 e. The lowest BCUT2D eigenvalue weighted by atomic mass is 10.0. The molecule has 0 saturated carbocycles. The van der Waals surface area contributed by atoms with Gasteiger partial charge in [-0.25, -0.2) is 4.90 Å². The molecule has 0 bridgehead atoms. The molecule has 1 aromatic heterocycles. The molecule has 2 amide bonds. The third-order valence-electron chi connectivity index (χ3n) is 4.10. The number of halogens is 1. The first-order valence-corrected chi connectivity index (χ1v) is 7.49. The zero-order chi connectivity index (χ0) is 16.1. The maximum atomic E-state index is 12.8. The van der Waals surface area contributed by atoms with E-state index in [2.05, 4.69) is 4.98 Å². The van der Waals surface area contributed by atoms with Crippen LogP contribution in [0.2, 0.25) is 5.02 Å². The Hall–Kier alpha value is -2.72. The quantitative estimate of drug-likeness (QED) is 0.636. The minimum atomic E-state index is -0.358. The van der Waals surface area contributed by atoms with Crippen molar-refractivity contribution >= 4 is 40.0 Å². The number of carbonyl (C=O) groups excluding carboxylic acids is 2. The lowest BCUT2D eigenvalue weighted by molar-refractivity contribution is 0.0926. The van der Waals surface area contributed by atoms with E-state index >= 15 is 0 Å². The summed E-state index contributed by atoms with van der Waals surface area (Å²) in [6.07, 6.45) is 1.64. The van der Waals surface area contributed by atoms with E-state index in [0.717, 1.165) is 5.39 Å². The van der Waals surface area contributed by atoms with E-state index in [4.69, 9.17) is 11.6 Å². The van der Waals surface area contributed by atoms with Gasteiger partial charge in [0.2, 0.25) is 0 Å². The lowest BCUT2D eigenvalue weighted by Crippen LogP contribution is -2.29. The number of imide groups is 1. The van der Waals surface area contributed by atoms with Crippen LogP contribution in [0.15, 0.2) is 48.7 Å². The molecule has 0 radical (unpaired) electrons. The molecular formula is C18H11ClN2O2. The summed E-state index contributed by atoms with van der Waals surface area (Å²) >= 11 is 6.10. The van der Waals surface area contributed by atoms with Gasteiger partial charge in [-0.1, -0.05) is 29.8 Å². The second kappa shape index (κ2) is 4.89.